The van der Waals surface area contributed by atoms with E-state index in [1.807, 2.05) is 12.1 Å². The van der Waals surface area contributed by atoms with Crippen molar-refractivity contribution in [1.82, 2.24) is 15.2 Å². The first-order valence-electron chi connectivity index (χ1n) is 8.67. The van der Waals surface area contributed by atoms with Crippen LogP contribution in [0.25, 0.3) is 10.6 Å². The molecule has 4 heterocycles. The Morgan fingerprint density at radius 1 is 1.40 bits per heavy atom. The Labute approximate surface area is 151 Å². The normalized spacial score (nSPS) is 27.7. The fourth-order valence-electron chi connectivity index (χ4n) is 4.00. The van der Waals surface area contributed by atoms with Gasteiger partial charge in [0.05, 0.1) is 17.8 Å². The van der Waals surface area contributed by atoms with Crippen LogP contribution in [0.4, 0.5) is 0 Å². The predicted octanol–water partition coefficient (Wildman–Crippen LogP) is 2.89. The molecule has 2 bridgehead atoms. The third kappa shape index (κ3) is 3.06. The van der Waals surface area contributed by atoms with Crippen LogP contribution in [0.3, 0.4) is 0 Å². The predicted molar refractivity (Wildman–Crippen MR) is 97.3 cm³/mol. The van der Waals surface area contributed by atoms with E-state index in [1.54, 1.807) is 18.3 Å². The minimum atomic E-state index is -0.0363. The van der Waals surface area contributed by atoms with Crippen LogP contribution >= 0.6 is 11.3 Å². The van der Waals surface area contributed by atoms with E-state index >= 15 is 0 Å². The molecule has 6 heteroatoms. The van der Waals surface area contributed by atoms with Crippen molar-refractivity contribution < 1.29 is 4.79 Å². The molecule has 3 aliphatic rings. The second-order valence-electron chi connectivity index (χ2n) is 6.84. The minimum Gasteiger partial charge on any atom is -0.347 e. The fourth-order valence-corrected chi connectivity index (χ4v) is 4.82. The summed E-state index contributed by atoms with van der Waals surface area (Å²) < 4.78 is 0. The van der Waals surface area contributed by atoms with Gasteiger partial charge in [-0.15, -0.1) is 11.3 Å². The lowest BCUT2D eigenvalue weighted by Crippen LogP contribution is -2.62. The highest BCUT2D eigenvalue weighted by molar-refractivity contribution is 7.16. The number of rotatable bonds is 3. The summed E-state index contributed by atoms with van der Waals surface area (Å²) in [6.07, 6.45) is 3.98. The molecule has 5 nitrogen and oxygen atoms in total. The maximum Gasteiger partial charge on any atom is 0.263 e. The molecule has 1 amide bonds. The van der Waals surface area contributed by atoms with E-state index in [4.69, 9.17) is 5.26 Å². The van der Waals surface area contributed by atoms with Crippen molar-refractivity contribution in [2.45, 2.75) is 31.8 Å². The van der Waals surface area contributed by atoms with Gasteiger partial charge in [-0.2, -0.15) is 5.26 Å². The molecule has 3 saturated heterocycles. The minimum absolute atomic E-state index is 0.0363. The van der Waals surface area contributed by atoms with Crippen molar-refractivity contribution in [3.05, 3.63) is 40.9 Å². The molecule has 2 unspecified atom stereocenters. The van der Waals surface area contributed by atoms with Crippen molar-refractivity contribution in [3.63, 3.8) is 0 Å². The number of carbonyl (C=O) groups is 1. The molecular formula is C19H20N4OS. The number of hydrogen-bond donors (Lipinski definition) is 1. The van der Waals surface area contributed by atoms with Gasteiger partial charge in [0.2, 0.25) is 0 Å². The molecule has 1 aromatic heterocycles. The molecule has 2 atom stereocenters. The Balaban J connectivity index is 1.50. The van der Waals surface area contributed by atoms with Crippen LogP contribution in [0.5, 0.6) is 0 Å². The molecule has 128 valence electrons. The van der Waals surface area contributed by atoms with Crippen LogP contribution in [0.1, 0.15) is 35.0 Å². The number of hydrogen-bond acceptors (Lipinski definition) is 5. The molecule has 1 aromatic carbocycles. The van der Waals surface area contributed by atoms with Crippen molar-refractivity contribution in [2.24, 2.45) is 5.92 Å². The summed E-state index contributed by atoms with van der Waals surface area (Å²) in [5, 5.41) is 13.0. The number of fused-ring (bicyclic) bond motifs is 3. The number of amides is 1. The molecule has 25 heavy (non-hydrogen) atoms. The Morgan fingerprint density at radius 3 is 2.92 bits per heavy atom. The summed E-state index contributed by atoms with van der Waals surface area (Å²) in [6, 6.07) is 10.1. The lowest BCUT2D eigenvalue weighted by Gasteiger charge is -2.49. The van der Waals surface area contributed by atoms with Crippen molar-refractivity contribution >= 4 is 17.2 Å². The van der Waals surface area contributed by atoms with E-state index in [2.05, 4.69) is 28.2 Å². The molecule has 1 N–H and O–H groups in total. The van der Waals surface area contributed by atoms with Gasteiger partial charge < -0.3 is 5.32 Å². The molecule has 0 radical (unpaired) electrons. The smallest absolute Gasteiger partial charge is 0.263 e. The average molecular weight is 352 g/mol. The first-order chi connectivity index (χ1) is 12.2. The molecule has 0 saturated carbocycles. The first-order valence-corrected chi connectivity index (χ1v) is 9.48. The Bertz CT molecular complexity index is 830. The van der Waals surface area contributed by atoms with E-state index < -0.39 is 0 Å². The van der Waals surface area contributed by atoms with E-state index in [9.17, 15) is 4.79 Å². The first kappa shape index (κ1) is 16.2. The summed E-state index contributed by atoms with van der Waals surface area (Å²) in [7, 11) is 0. The SMILES string of the molecule is CC1C(NC(=O)c2cnc(-c3cccc(C#N)c3)s2)C2CCN1CC2. The number of aromatic nitrogens is 1. The van der Waals surface area contributed by atoms with Gasteiger partial charge in [-0.05, 0) is 50.9 Å². The van der Waals surface area contributed by atoms with Crippen molar-refractivity contribution in [1.29, 1.82) is 5.26 Å². The lowest BCUT2D eigenvalue weighted by atomic mass is 9.79. The van der Waals surface area contributed by atoms with Crippen LogP contribution in [-0.2, 0) is 0 Å². The number of thiazole rings is 1. The average Bonchev–Trinajstić information content (AvgIpc) is 3.15. The zero-order valence-corrected chi connectivity index (χ0v) is 14.9. The summed E-state index contributed by atoms with van der Waals surface area (Å²) in [5.41, 5.74) is 1.47. The van der Waals surface area contributed by atoms with Gasteiger partial charge in [0.1, 0.15) is 9.88 Å². The van der Waals surface area contributed by atoms with Gasteiger partial charge in [0, 0.05) is 17.6 Å². The maximum atomic E-state index is 12.7. The Kier molecular flexibility index (Phi) is 4.28. The molecule has 3 aliphatic heterocycles. The fraction of sp³-hybridized carbons (Fsp3) is 0.421. The number of benzene rings is 1. The van der Waals surface area contributed by atoms with Gasteiger partial charge in [0.25, 0.3) is 5.91 Å². The third-order valence-electron chi connectivity index (χ3n) is 5.44. The summed E-state index contributed by atoms with van der Waals surface area (Å²) >= 11 is 1.38. The number of carbonyl (C=O) groups excluding carboxylic acids is 1. The quantitative estimate of drug-likeness (QED) is 0.922. The van der Waals surface area contributed by atoms with Crippen LogP contribution in [-0.4, -0.2) is 41.0 Å². The van der Waals surface area contributed by atoms with Gasteiger partial charge in [-0.1, -0.05) is 12.1 Å². The van der Waals surface area contributed by atoms with Gasteiger partial charge >= 0.3 is 0 Å². The van der Waals surface area contributed by atoms with E-state index in [-0.39, 0.29) is 11.9 Å². The molecule has 0 aliphatic carbocycles. The highest BCUT2D eigenvalue weighted by atomic mass is 32.1. The number of nitrogens with zero attached hydrogens (tertiary/aromatic N) is 3. The third-order valence-corrected chi connectivity index (χ3v) is 6.49. The zero-order valence-electron chi connectivity index (χ0n) is 14.1. The van der Waals surface area contributed by atoms with Gasteiger partial charge in [-0.25, -0.2) is 4.98 Å². The summed E-state index contributed by atoms with van der Waals surface area (Å²) in [5.74, 6) is 0.550. The zero-order chi connectivity index (χ0) is 17.4. The topological polar surface area (TPSA) is 69.0 Å². The largest absolute Gasteiger partial charge is 0.347 e. The van der Waals surface area contributed by atoms with Crippen molar-refractivity contribution in [3.8, 4) is 16.6 Å². The lowest BCUT2D eigenvalue weighted by molar-refractivity contribution is 0.0218. The van der Waals surface area contributed by atoms with Gasteiger partial charge in [0.15, 0.2) is 0 Å². The van der Waals surface area contributed by atoms with Crippen molar-refractivity contribution in [2.75, 3.05) is 13.1 Å². The van der Waals surface area contributed by atoms with Gasteiger partial charge in [-0.3, -0.25) is 9.69 Å². The molecular weight excluding hydrogens is 332 g/mol. The Hall–Kier alpha value is -2.23. The number of nitriles is 1. The second kappa shape index (κ2) is 6.58. The van der Waals surface area contributed by atoms with E-state index in [0.717, 1.165) is 23.7 Å². The summed E-state index contributed by atoms with van der Waals surface area (Å²) in [4.78, 5) is 20.2. The van der Waals surface area contributed by atoms with E-state index in [0.29, 0.717) is 22.4 Å². The molecule has 0 spiro atoms. The second-order valence-corrected chi connectivity index (χ2v) is 7.87. The van der Waals surface area contributed by atoms with Crippen LogP contribution in [0.2, 0.25) is 0 Å². The van der Waals surface area contributed by atoms with Crippen LogP contribution in [0.15, 0.2) is 30.5 Å². The Morgan fingerprint density at radius 2 is 2.20 bits per heavy atom. The standard InChI is InChI=1S/C19H20N4OS/c1-12-17(14-5-7-23(12)8-6-14)22-18(24)16-11-21-19(25-16)15-4-2-3-13(9-15)10-20/h2-4,9,11-12,14,17H,5-8H2,1H3,(H,22,24). The van der Waals surface area contributed by atoms with Crippen LogP contribution in [0, 0.1) is 17.2 Å². The summed E-state index contributed by atoms with van der Waals surface area (Å²) in [6.45, 7) is 4.51. The monoisotopic (exact) mass is 352 g/mol. The maximum absolute atomic E-state index is 12.7. The van der Waals surface area contributed by atoms with Crippen LogP contribution < -0.4 is 5.32 Å². The molecule has 5 rings (SSSR count). The number of piperidine rings is 3. The number of nitrogens with one attached hydrogen (secondary N) is 1. The highest BCUT2D eigenvalue weighted by Crippen LogP contribution is 2.33. The molecule has 3 fully saturated rings. The molecule has 2 aromatic rings. The highest BCUT2D eigenvalue weighted by Gasteiger charge is 2.40. The van der Waals surface area contributed by atoms with E-state index in [1.165, 1.54) is 24.2 Å².